The Balaban J connectivity index is 1.04. The first-order valence-electron chi connectivity index (χ1n) is 16.5. The topological polar surface area (TPSA) is 89.7 Å². The number of aliphatic hydroxyl groups excluding tert-OH is 2. The molecule has 0 spiro atoms. The van der Waals surface area contributed by atoms with Crippen LogP contribution in [0.1, 0.15) is 93.1 Å². The summed E-state index contributed by atoms with van der Waals surface area (Å²) in [6, 6.07) is 18.1. The third-order valence-corrected chi connectivity index (χ3v) is 11.4. The Labute approximate surface area is 257 Å². The Hall–Kier alpha value is -2.80. The molecule has 0 aliphatic heterocycles. The van der Waals surface area contributed by atoms with Crippen LogP contribution in [0.5, 0.6) is 5.75 Å². The van der Waals surface area contributed by atoms with Crippen molar-refractivity contribution in [2.24, 2.45) is 22.7 Å². The van der Waals surface area contributed by atoms with Gasteiger partial charge in [0.25, 0.3) is 0 Å². The van der Waals surface area contributed by atoms with Crippen LogP contribution in [0.25, 0.3) is 0 Å². The molecule has 2 saturated carbocycles. The van der Waals surface area contributed by atoms with Gasteiger partial charge in [-0.1, -0.05) is 44.4 Å². The van der Waals surface area contributed by atoms with Crippen LogP contribution in [0.15, 0.2) is 67.0 Å². The molecule has 43 heavy (non-hydrogen) atoms. The number of phenols is 1. The fourth-order valence-electron chi connectivity index (χ4n) is 9.18. The van der Waals surface area contributed by atoms with Gasteiger partial charge in [-0.3, -0.25) is 14.9 Å². The van der Waals surface area contributed by atoms with Crippen molar-refractivity contribution in [3.05, 3.63) is 89.5 Å². The number of pyridine rings is 2. The van der Waals surface area contributed by atoms with Crippen LogP contribution >= 0.6 is 0 Å². The molecule has 0 radical (unpaired) electrons. The zero-order chi connectivity index (χ0) is 29.9. The number of phenolic OH excluding ortho intramolecular Hbond substituents is 1. The molecule has 2 fully saturated rings. The lowest BCUT2D eigenvalue weighted by Gasteiger charge is -2.50. The van der Waals surface area contributed by atoms with E-state index in [9.17, 15) is 15.3 Å². The van der Waals surface area contributed by atoms with Gasteiger partial charge in [-0.05, 0) is 122 Å². The van der Waals surface area contributed by atoms with E-state index >= 15 is 0 Å². The minimum atomic E-state index is -0.454. The third-order valence-electron chi connectivity index (χ3n) is 11.4. The van der Waals surface area contributed by atoms with Gasteiger partial charge in [0.2, 0.25) is 0 Å². The number of benzene rings is 1. The number of fused-ring (bicyclic) bond motifs is 5. The first-order valence-corrected chi connectivity index (χ1v) is 16.5. The molecule has 6 heteroatoms. The first-order chi connectivity index (χ1) is 20.9. The lowest BCUT2D eigenvalue weighted by Crippen LogP contribution is -2.46. The molecular weight excluding hydrogens is 534 g/mol. The molecule has 2 heterocycles. The predicted octanol–water partition coefficient (Wildman–Crippen LogP) is 6.64. The number of hydrogen-bond acceptors (Lipinski definition) is 6. The van der Waals surface area contributed by atoms with E-state index in [1.807, 2.05) is 48.8 Å². The highest BCUT2D eigenvalue weighted by molar-refractivity contribution is 5.40. The summed E-state index contributed by atoms with van der Waals surface area (Å²) in [5.41, 5.74) is 4.34. The number of aliphatic hydroxyl groups is 2. The maximum atomic E-state index is 11.9. The van der Waals surface area contributed by atoms with Crippen LogP contribution in [0.4, 0.5) is 0 Å². The second kappa shape index (κ2) is 13.1. The summed E-state index contributed by atoms with van der Waals surface area (Å²) in [7, 11) is 0. The van der Waals surface area contributed by atoms with E-state index in [1.165, 1.54) is 11.1 Å². The van der Waals surface area contributed by atoms with Crippen LogP contribution in [-0.2, 0) is 19.5 Å². The van der Waals surface area contributed by atoms with Crippen LogP contribution in [0.2, 0.25) is 0 Å². The number of unbranched alkanes of at least 4 members (excludes halogenated alkanes) is 3. The molecule has 0 amide bonds. The minimum Gasteiger partial charge on any atom is -0.508 e. The van der Waals surface area contributed by atoms with Crippen LogP contribution in [0, 0.1) is 22.7 Å². The van der Waals surface area contributed by atoms with E-state index in [1.54, 1.807) is 0 Å². The van der Waals surface area contributed by atoms with Crippen LogP contribution < -0.4 is 0 Å². The summed E-state index contributed by atoms with van der Waals surface area (Å²) in [5.74, 6) is 1.84. The summed E-state index contributed by atoms with van der Waals surface area (Å²) in [6.07, 6.45) is 13.7. The second-order valence-electron chi connectivity index (χ2n) is 14.0. The molecule has 6 atom stereocenters. The number of aromatic hydroxyl groups is 1. The van der Waals surface area contributed by atoms with E-state index in [0.29, 0.717) is 23.5 Å². The molecule has 3 aromatic rings. The maximum Gasteiger partial charge on any atom is 0.115 e. The Bertz CT molecular complexity index is 1300. The van der Waals surface area contributed by atoms with Gasteiger partial charge in [0.1, 0.15) is 5.75 Å². The summed E-state index contributed by atoms with van der Waals surface area (Å²) in [5, 5.41) is 32.7. The normalized spacial score (nSPS) is 29.7. The lowest BCUT2D eigenvalue weighted by molar-refractivity contribution is -0.0715. The van der Waals surface area contributed by atoms with Crippen molar-refractivity contribution in [1.29, 1.82) is 0 Å². The molecule has 3 N–H and O–H groups in total. The molecular formula is C37H49N3O3. The summed E-state index contributed by atoms with van der Waals surface area (Å²) >= 11 is 0. The zero-order valence-electron chi connectivity index (χ0n) is 25.7. The fourth-order valence-corrected chi connectivity index (χ4v) is 9.18. The monoisotopic (exact) mass is 583 g/mol. The van der Waals surface area contributed by atoms with E-state index in [-0.39, 0.29) is 12.0 Å². The highest BCUT2D eigenvalue weighted by Crippen LogP contribution is 2.66. The third kappa shape index (κ3) is 6.25. The van der Waals surface area contributed by atoms with E-state index < -0.39 is 11.5 Å². The van der Waals surface area contributed by atoms with Crippen molar-refractivity contribution in [3.8, 4) is 5.75 Å². The number of hydrogen-bond donors (Lipinski definition) is 3. The molecule has 0 saturated heterocycles. The highest BCUT2D eigenvalue weighted by Gasteiger charge is 2.63. The summed E-state index contributed by atoms with van der Waals surface area (Å²) in [4.78, 5) is 11.5. The van der Waals surface area contributed by atoms with E-state index in [2.05, 4.69) is 40.0 Å². The fraction of sp³-hybridized carbons (Fsp3) is 0.568. The molecule has 3 aliphatic rings. The van der Waals surface area contributed by atoms with Crippen molar-refractivity contribution < 1.29 is 15.3 Å². The van der Waals surface area contributed by atoms with E-state index in [4.69, 9.17) is 0 Å². The van der Waals surface area contributed by atoms with Crippen molar-refractivity contribution in [3.63, 3.8) is 0 Å². The Morgan fingerprint density at radius 2 is 1.63 bits per heavy atom. The molecule has 1 aromatic carbocycles. The number of nitrogens with zero attached hydrogens (tertiary/aromatic N) is 3. The van der Waals surface area contributed by atoms with Gasteiger partial charge in [0.05, 0.1) is 24.1 Å². The molecule has 3 aliphatic carbocycles. The van der Waals surface area contributed by atoms with E-state index in [0.717, 1.165) is 95.2 Å². The first kappa shape index (κ1) is 30.2. The summed E-state index contributed by atoms with van der Waals surface area (Å²) < 4.78 is 0. The number of rotatable bonds is 12. The predicted molar refractivity (Wildman–Crippen MR) is 169 cm³/mol. The van der Waals surface area contributed by atoms with Gasteiger partial charge in [0.15, 0.2) is 0 Å². The van der Waals surface area contributed by atoms with Crippen molar-refractivity contribution in [2.45, 2.75) is 96.2 Å². The largest absolute Gasteiger partial charge is 0.508 e. The maximum absolute atomic E-state index is 11.9. The second-order valence-corrected chi connectivity index (χ2v) is 14.0. The molecule has 0 unspecified atom stereocenters. The van der Waals surface area contributed by atoms with Crippen molar-refractivity contribution in [1.82, 2.24) is 14.9 Å². The minimum absolute atomic E-state index is 0.0734. The Morgan fingerprint density at radius 3 is 2.30 bits per heavy atom. The Kier molecular flexibility index (Phi) is 9.18. The van der Waals surface area contributed by atoms with Gasteiger partial charge in [-0.15, -0.1) is 0 Å². The average molecular weight is 584 g/mol. The SMILES string of the molecule is C[C@]12CC[C@@H]3c4ccc(O)cc4CC[C@H]3[C@@H]1C[C@@](CO)(CCCCCCN(Cc1ccccn1)Cc1ccccn1)[C@@H]2O. The van der Waals surface area contributed by atoms with Gasteiger partial charge in [-0.25, -0.2) is 0 Å². The molecule has 230 valence electrons. The summed E-state index contributed by atoms with van der Waals surface area (Å²) in [6.45, 7) is 4.99. The van der Waals surface area contributed by atoms with Crippen LogP contribution in [-0.4, -0.2) is 49.4 Å². The number of aryl methyl sites for hydroxylation is 1. The standard InChI is InChI=1S/C37H49N3O3/c1-36-18-16-32-31-15-13-30(42)22-27(31)12-14-33(32)34(36)23-37(26-41,35(36)43)17-6-2-3-9-21-40(24-28-10-4-7-19-38-28)25-29-11-5-8-20-39-29/h4-5,7-8,10-11,13,15,19-20,22,32-35,41-43H,2-3,6,9,12,14,16-18,21,23-26H2,1H3/t32-,33-,34+,35-,36+,37-/m1/s1. The molecule has 2 aromatic heterocycles. The van der Waals surface area contributed by atoms with Gasteiger partial charge in [0, 0.05) is 30.9 Å². The van der Waals surface area contributed by atoms with Gasteiger partial charge < -0.3 is 15.3 Å². The molecule has 0 bridgehead atoms. The smallest absolute Gasteiger partial charge is 0.115 e. The van der Waals surface area contributed by atoms with Crippen LogP contribution in [0.3, 0.4) is 0 Å². The van der Waals surface area contributed by atoms with Crippen molar-refractivity contribution in [2.75, 3.05) is 13.2 Å². The number of aromatic nitrogens is 2. The van der Waals surface area contributed by atoms with Crippen molar-refractivity contribution >= 4 is 0 Å². The average Bonchev–Trinajstić information content (AvgIpc) is 3.26. The van der Waals surface area contributed by atoms with Gasteiger partial charge >= 0.3 is 0 Å². The molecule has 6 nitrogen and oxygen atoms in total. The lowest BCUT2D eigenvalue weighted by atomic mass is 9.55. The Morgan fingerprint density at radius 1 is 0.907 bits per heavy atom. The molecule has 6 rings (SSSR count). The van der Waals surface area contributed by atoms with Gasteiger partial charge in [-0.2, -0.15) is 0 Å². The highest BCUT2D eigenvalue weighted by atomic mass is 16.3. The zero-order valence-corrected chi connectivity index (χ0v) is 25.7. The quantitative estimate of drug-likeness (QED) is 0.207.